The summed E-state index contributed by atoms with van der Waals surface area (Å²) >= 11 is 0. The predicted molar refractivity (Wildman–Crippen MR) is 130 cm³/mol. The lowest BCUT2D eigenvalue weighted by Crippen LogP contribution is -2.56. The van der Waals surface area contributed by atoms with Gasteiger partial charge in [0, 0.05) is 45.3 Å². The molecular formula is C26H32N4O4. The first-order valence-electron chi connectivity index (χ1n) is 11.3. The topological polar surface area (TPSA) is 97.1 Å². The molecule has 0 radical (unpaired) electrons. The Morgan fingerprint density at radius 3 is 2.18 bits per heavy atom. The number of benzene rings is 2. The maximum atomic E-state index is 13.6. The maximum Gasteiger partial charge on any atom is 0.410 e. The van der Waals surface area contributed by atoms with Crippen LogP contribution in [0.5, 0.6) is 5.75 Å². The molecule has 2 aromatic rings. The lowest BCUT2D eigenvalue weighted by molar-refractivity contribution is -0.136. The van der Waals surface area contributed by atoms with Gasteiger partial charge in [-0.25, -0.2) is 4.79 Å². The van der Waals surface area contributed by atoms with E-state index in [-0.39, 0.29) is 11.7 Å². The Bertz CT molecular complexity index is 1030. The molecule has 0 aromatic heterocycles. The molecule has 3 rings (SSSR count). The second kappa shape index (κ2) is 10.5. The summed E-state index contributed by atoms with van der Waals surface area (Å²) in [5.74, 6) is 0.00644. The van der Waals surface area contributed by atoms with E-state index < -0.39 is 17.7 Å². The average molecular weight is 465 g/mol. The van der Waals surface area contributed by atoms with Gasteiger partial charge in [0.1, 0.15) is 17.4 Å². The molecule has 8 nitrogen and oxygen atoms in total. The number of hydrogen-bond donors (Lipinski definition) is 1. The highest BCUT2D eigenvalue weighted by atomic mass is 16.6. The van der Waals surface area contributed by atoms with Gasteiger partial charge in [-0.3, -0.25) is 9.69 Å². The Morgan fingerprint density at radius 1 is 1.06 bits per heavy atom. The number of nitriles is 1. The number of phenols is 1. The second-order valence-corrected chi connectivity index (χ2v) is 9.45. The molecule has 2 amide bonds. The van der Waals surface area contributed by atoms with Crippen LogP contribution in [-0.2, 0) is 16.0 Å². The molecule has 0 saturated carbocycles. The molecule has 1 N–H and O–H groups in total. The van der Waals surface area contributed by atoms with Crippen molar-refractivity contribution in [3.8, 4) is 11.8 Å². The molecular weight excluding hydrogens is 432 g/mol. The molecule has 0 spiro atoms. The van der Waals surface area contributed by atoms with E-state index in [0.29, 0.717) is 38.2 Å². The first-order chi connectivity index (χ1) is 16.1. The minimum absolute atomic E-state index is 0.138. The molecule has 1 saturated heterocycles. The van der Waals surface area contributed by atoms with Crippen LogP contribution in [0.1, 0.15) is 31.9 Å². The van der Waals surface area contributed by atoms with Gasteiger partial charge in [0.25, 0.3) is 0 Å². The zero-order chi connectivity index (χ0) is 24.9. The Labute approximate surface area is 200 Å². The standard InChI is InChI=1S/C26H32N4O4/c1-26(2,3)34-25(33)28(4)23(17-19-7-11-22(31)12-8-19)24(32)30-15-13-29(14-16-30)21-9-5-20(18-27)6-10-21/h5-12,23,31H,13-17H2,1-4H3. The number of rotatable bonds is 5. The van der Waals surface area contributed by atoms with Gasteiger partial charge >= 0.3 is 6.09 Å². The summed E-state index contributed by atoms with van der Waals surface area (Å²) in [5.41, 5.74) is 1.78. The zero-order valence-electron chi connectivity index (χ0n) is 20.2. The lowest BCUT2D eigenvalue weighted by Gasteiger charge is -2.39. The van der Waals surface area contributed by atoms with Gasteiger partial charge in [-0.15, -0.1) is 0 Å². The number of hydrogen-bond acceptors (Lipinski definition) is 6. The van der Waals surface area contributed by atoms with Crippen molar-refractivity contribution < 1.29 is 19.4 Å². The largest absolute Gasteiger partial charge is 0.508 e. The number of carbonyl (C=O) groups excluding carboxylic acids is 2. The quantitative estimate of drug-likeness (QED) is 0.729. The average Bonchev–Trinajstić information content (AvgIpc) is 2.82. The van der Waals surface area contributed by atoms with Gasteiger partial charge in [0.05, 0.1) is 11.6 Å². The van der Waals surface area contributed by atoms with Crippen molar-refractivity contribution in [2.24, 2.45) is 0 Å². The first-order valence-corrected chi connectivity index (χ1v) is 11.3. The minimum Gasteiger partial charge on any atom is -0.508 e. The molecule has 1 atom stereocenters. The molecule has 1 aliphatic rings. The van der Waals surface area contributed by atoms with Crippen LogP contribution in [0.4, 0.5) is 10.5 Å². The summed E-state index contributed by atoms with van der Waals surface area (Å²) in [6.45, 7) is 7.72. The summed E-state index contributed by atoms with van der Waals surface area (Å²) in [7, 11) is 1.59. The maximum absolute atomic E-state index is 13.6. The van der Waals surface area contributed by atoms with Crippen LogP contribution in [0.3, 0.4) is 0 Å². The summed E-state index contributed by atoms with van der Waals surface area (Å²) in [6, 6.07) is 15.4. The third-order valence-corrected chi connectivity index (χ3v) is 5.75. The Morgan fingerprint density at radius 2 is 1.65 bits per heavy atom. The number of anilines is 1. The predicted octanol–water partition coefficient (Wildman–Crippen LogP) is 3.39. The highest BCUT2D eigenvalue weighted by molar-refractivity contribution is 5.86. The molecule has 1 unspecified atom stereocenters. The SMILES string of the molecule is CN(C(=O)OC(C)(C)C)C(Cc1ccc(O)cc1)C(=O)N1CCN(c2ccc(C#N)cc2)CC1. The van der Waals surface area contributed by atoms with Crippen LogP contribution in [0.25, 0.3) is 0 Å². The number of likely N-dealkylation sites (N-methyl/N-ethyl adjacent to an activating group) is 1. The summed E-state index contributed by atoms with van der Waals surface area (Å²) in [4.78, 5) is 31.7. The van der Waals surface area contributed by atoms with Gasteiger partial charge in [0.15, 0.2) is 0 Å². The van der Waals surface area contributed by atoms with Gasteiger partial charge < -0.3 is 19.6 Å². The fraction of sp³-hybridized carbons (Fsp3) is 0.423. The molecule has 1 heterocycles. The van der Waals surface area contributed by atoms with E-state index in [1.807, 2.05) is 12.1 Å². The smallest absolute Gasteiger partial charge is 0.410 e. The number of ether oxygens (including phenoxy) is 1. The highest BCUT2D eigenvalue weighted by Gasteiger charge is 2.34. The monoisotopic (exact) mass is 464 g/mol. The van der Waals surface area contributed by atoms with E-state index >= 15 is 0 Å². The molecule has 0 aliphatic carbocycles. The van der Waals surface area contributed by atoms with Crippen molar-refractivity contribution in [2.45, 2.75) is 38.8 Å². The Balaban J connectivity index is 1.73. The van der Waals surface area contributed by atoms with Crippen LogP contribution in [0, 0.1) is 11.3 Å². The molecule has 1 fully saturated rings. The van der Waals surface area contributed by atoms with Gasteiger partial charge in [-0.2, -0.15) is 5.26 Å². The summed E-state index contributed by atoms with van der Waals surface area (Å²) < 4.78 is 5.51. The van der Waals surface area contributed by atoms with E-state index in [4.69, 9.17) is 10.00 Å². The molecule has 1 aliphatic heterocycles. The second-order valence-electron chi connectivity index (χ2n) is 9.45. The van der Waals surface area contributed by atoms with Crippen molar-refractivity contribution in [2.75, 3.05) is 38.1 Å². The van der Waals surface area contributed by atoms with E-state index in [1.165, 1.54) is 4.90 Å². The van der Waals surface area contributed by atoms with E-state index in [1.54, 1.807) is 69.1 Å². The van der Waals surface area contributed by atoms with Crippen molar-refractivity contribution in [3.63, 3.8) is 0 Å². The van der Waals surface area contributed by atoms with Crippen LogP contribution in [0.2, 0.25) is 0 Å². The van der Waals surface area contributed by atoms with Crippen molar-refractivity contribution >= 4 is 17.7 Å². The van der Waals surface area contributed by atoms with Crippen LogP contribution < -0.4 is 4.90 Å². The van der Waals surface area contributed by atoms with Crippen LogP contribution in [0.15, 0.2) is 48.5 Å². The van der Waals surface area contributed by atoms with Crippen molar-refractivity contribution in [1.29, 1.82) is 5.26 Å². The summed E-state index contributed by atoms with van der Waals surface area (Å²) in [6.07, 6.45) is -0.245. The van der Waals surface area contributed by atoms with Gasteiger partial charge in [0.2, 0.25) is 5.91 Å². The minimum atomic E-state index is -0.735. The number of carbonyl (C=O) groups is 2. The first kappa shape index (κ1) is 24.9. The molecule has 180 valence electrons. The molecule has 34 heavy (non-hydrogen) atoms. The zero-order valence-corrected chi connectivity index (χ0v) is 20.2. The normalized spacial score (nSPS) is 14.8. The number of phenolic OH excluding ortho intramolecular Hbond substituents is 1. The van der Waals surface area contributed by atoms with Gasteiger partial charge in [-0.1, -0.05) is 12.1 Å². The fourth-order valence-electron chi connectivity index (χ4n) is 3.85. The Kier molecular flexibility index (Phi) is 7.67. The Hall–Kier alpha value is -3.73. The third-order valence-electron chi connectivity index (χ3n) is 5.75. The van der Waals surface area contributed by atoms with E-state index in [9.17, 15) is 14.7 Å². The number of aromatic hydroxyl groups is 1. The molecule has 8 heteroatoms. The molecule has 2 aromatic carbocycles. The van der Waals surface area contributed by atoms with Crippen LogP contribution in [-0.4, -0.2) is 71.8 Å². The van der Waals surface area contributed by atoms with E-state index in [0.717, 1.165) is 11.3 Å². The van der Waals surface area contributed by atoms with E-state index in [2.05, 4.69) is 11.0 Å². The van der Waals surface area contributed by atoms with Crippen LogP contribution >= 0.6 is 0 Å². The molecule has 0 bridgehead atoms. The third kappa shape index (κ3) is 6.41. The summed E-state index contributed by atoms with van der Waals surface area (Å²) in [5, 5.41) is 18.6. The van der Waals surface area contributed by atoms with Crippen molar-refractivity contribution in [3.05, 3.63) is 59.7 Å². The fourth-order valence-corrected chi connectivity index (χ4v) is 3.85. The van der Waals surface area contributed by atoms with Gasteiger partial charge in [-0.05, 0) is 62.7 Å². The lowest BCUT2D eigenvalue weighted by atomic mass is 10.0. The number of amides is 2. The number of nitrogens with zero attached hydrogens (tertiary/aromatic N) is 4. The van der Waals surface area contributed by atoms with Crippen molar-refractivity contribution in [1.82, 2.24) is 9.80 Å². The highest BCUT2D eigenvalue weighted by Crippen LogP contribution is 2.21. The number of piperazine rings is 1.